The largest absolute Gasteiger partial charge is 0.273 e. The van der Waals surface area contributed by atoms with Crippen LogP contribution < -0.4 is 9.96 Å². The third kappa shape index (κ3) is 3.52. The average molecular weight is 484 g/mol. The topological polar surface area (TPSA) is 93.0 Å². The zero-order valence-electron chi connectivity index (χ0n) is 16.8. The fraction of sp³-hybridized carbons (Fsp3) is 0.130. The summed E-state index contributed by atoms with van der Waals surface area (Å²) in [5.41, 5.74) is 1.27. The van der Waals surface area contributed by atoms with Crippen molar-refractivity contribution in [2.45, 2.75) is 12.1 Å². The molecule has 2 aliphatic heterocycles. The predicted octanol–water partition coefficient (Wildman–Crippen LogP) is 4.95. The van der Waals surface area contributed by atoms with Crippen molar-refractivity contribution in [2.24, 2.45) is 5.92 Å². The van der Waals surface area contributed by atoms with Gasteiger partial charge in [-0.15, -0.1) is 0 Å². The van der Waals surface area contributed by atoms with Crippen molar-refractivity contribution in [2.75, 3.05) is 9.96 Å². The number of nitro benzene ring substituents is 1. The average Bonchev–Trinajstić information content (AvgIpc) is 3.32. The molecule has 0 saturated carbocycles. The van der Waals surface area contributed by atoms with Crippen molar-refractivity contribution in [1.29, 1.82) is 0 Å². The molecule has 2 heterocycles. The van der Waals surface area contributed by atoms with Crippen LogP contribution in [0.5, 0.6) is 0 Å². The summed E-state index contributed by atoms with van der Waals surface area (Å²) >= 11 is 12.1. The summed E-state index contributed by atoms with van der Waals surface area (Å²) < 4.78 is 0. The van der Waals surface area contributed by atoms with Crippen LogP contribution in [0.4, 0.5) is 17.1 Å². The van der Waals surface area contributed by atoms with Gasteiger partial charge in [0, 0.05) is 12.1 Å². The molecule has 0 unspecified atom stereocenters. The molecular formula is C23H15Cl2N3O5. The van der Waals surface area contributed by atoms with Crippen LogP contribution in [0.15, 0.2) is 72.8 Å². The molecule has 0 aliphatic carbocycles. The summed E-state index contributed by atoms with van der Waals surface area (Å²) in [5.74, 6) is -1.86. The zero-order valence-corrected chi connectivity index (χ0v) is 18.3. The lowest BCUT2D eigenvalue weighted by atomic mass is 9.90. The molecule has 5 rings (SSSR count). The van der Waals surface area contributed by atoms with Gasteiger partial charge in [-0.05, 0) is 29.8 Å². The molecule has 0 bridgehead atoms. The molecule has 0 radical (unpaired) electrons. The maximum Gasteiger partial charge on any atom is 0.271 e. The lowest BCUT2D eigenvalue weighted by Gasteiger charge is -2.28. The van der Waals surface area contributed by atoms with Crippen LogP contribution in [0, 0.1) is 16.0 Å². The summed E-state index contributed by atoms with van der Waals surface area (Å²) in [5, 5.41) is 13.2. The van der Waals surface area contributed by atoms with Crippen molar-refractivity contribution in [3.05, 3.63) is 98.5 Å². The van der Waals surface area contributed by atoms with Gasteiger partial charge >= 0.3 is 0 Å². The van der Waals surface area contributed by atoms with Gasteiger partial charge in [-0.2, -0.15) is 0 Å². The first-order chi connectivity index (χ1) is 15.9. The Morgan fingerprint density at radius 2 is 1.61 bits per heavy atom. The van der Waals surface area contributed by atoms with Crippen molar-refractivity contribution in [3.8, 4) is 0 Å². The molecule has 3 aromatic rings. The Hall–Kier alpha value is -3.46. The summed E-state index contributed by atoms with van der Waals surface area (Å²) in [7, 11) is 0. The van der Waals surface area contributed by atoms with Crippen molar-refractivity contribution in [1.82, 2.24) is 0 Å². The standard InChI is InChI=1S/C23H15Cl2N3O5/c24-17-10-9-14(12-18(17)25)26-22(29)19-20(13-5-2-1-3-6-13)27(33-21(19)23(26)30)15-7-4-8-16(11-15)28(31)32/h1-12,19-21H/t19-,20-,21+/m1/s1. The van der Waals surface area contributed by atoms with Gasteiger partial charge < -0.3 is 0 Å². The number of fused-ring (bicyclic) bond motifs is 1. The first-order valence-electron chi connectivity index (χ1n) is 9.95. The number of carbonyl (C=O) groups excluding carboxylic acids is 2. The van der Waals surface area contributed by atoms with Crippen LogP contribution in [-0.2, 0) is 14.4 Å². The highest BCUT2D eigenvalue weighted by Gasteiger charge is 2.60. The van der Waals surface area contributed by atoms with E-state index in [1.165, 1.54) is 35.4 Å². The van der Waals surface area contributed by atoms with Gasteiger partial charge in [0.15, 0.2) is 6.10 Å². The number of hydrogen-bond donors (Lipinski definition) is 0. The number of benzene rings is 3. The van der Waals surface area contributed by atoms with Crippen molar-refractivity contribution in [3.63, 3.8) is 0 Å². The molecule has 2 fully saturated rings. The highest BCUT2D eigenvalue weighted by atomic mass is 35.5. The van der Waals surface area contributed by atoms with E-state index in [4.69, 9.17) is 28.0 Å². The van der Waals surface area contributed by atoms with Gasteiger partial charge in [0.2, 0.25) is 5.91 Å². The Balaban J connectivity index is 1.58. The van der Waals surface area contributed by atoms with Crippen LogP contribution in [-0.4, -0.2) is 22.8 Å². The maximum absolute atomic E-state index is 13.5. The fourth-order valence-corrected chi connectivity index (χ4v) is 4.54. The predicted molar refractivity (Wildman–Crippen MR) is 122 cm³/mol. The normalized spacial score (nSPS) is 22.1. The second kappa shape index (κ2) is 8.15. The Morgan fingerprint density at radius 1 is 0.848 bits per heavy atom. The van der Waals surface area contributed by atoms with E-state index in [0.717, 1.165) is 10.5 Å². The summed E-state index contributed by atoms with van der Waals surface area (Å²) in [6, 6.07) is 18.8. The Labute approximate surface area is 198 Å². The van der Waals surface area contributed by atoms with Crippen LogP contribution in [0.25, 0.3) is 0 Å². The number of rotatable bonds is 4. The lowest BCUT2D eigenvalue weighted by Crippen LogP contribution is -2.37. The van der Waals surface area contributed by atoms with E-state index in [1.807, 2.05) is 30.3 Å². The molecular weight excluding hydrogens is 469 g/mol. The summed E-state index contributed by atoms with van der Waals surface area (Å²) in [6.45, 7) is 0. The maximum atomic E-state index is 13.5. The van der Waals surface area contributed by atoms with Gasteiger partial charge in [-0.1, -0.05) is 59.6 Å². The summed E-state index contributed by atoms with van der Waals surface area (Å²) in [4.78, 5) is 44.7. The Kier molecular flexibility index (Phi) is 5.28. The third-order valence-electron chi connectivity index (χ3n) is 5.71. The molecule has 2 amide bonds. The number of amides is 2. The van der Waals surface area contributed by atoms with Crippen LogP contribution in [0.2, 0.25) is 10.0 Å². The lowest BCUT2D eigenvalue weighted by molar-refractivity contribution is -0.384. The first kappa shape index (κ1) is 21.4. The molecule has 0 aromatic heterocycles. The molecule has 3 atom stereocenters. The number of imide groups is 1. The molecule has 166 valence electrons. The van der Waals surface area contributed by atoms with Crippen LogP contribution >= 0.6 is 23.2 Å². The van der Waals surface area contributed by atoms with Gasteiger partial charge in [0.1, 0.15) is 5.92 Å². The molecule has 0 spiro atoms. The van der Waals surface area contributed by atoms with E-state index in [1.54, 1.807) is 12.1 Å². The third-order valence-corrected chi connectivity index (χ3v) is 6.45. The minimum Gasteiger partial charge on any atom is -0.273 e. The van der Waals surface area contributed by atoms with E-state index < -0.39 is 34.8 Å². The molecule has 33 heavy (non-hydrogen) atoms. The molecule has 2 saturated heterocycles. The van der Waals surface area contributed by atoms with Gasteiger partial charge in [0.25, 0.3) is 11.6 Å². The van der Waals surface area contributed by atoms with Crippen molar-refractivity contribution < 1.29 is 19.3 Å². The highest BCUT2D eigenvalue weighted by molar-refractivity contribution is 6.42. The quantitative estimate of drug-likeness (QED) is 0.296. The number of non-ortho nitro benzene ring substituents is 1. The van der Waals surface area contributed by atoms with Gasteiger partial charge in [0.05, 0.1) is 32.4 Å². The monoisotopic (exact) mass is 483 g/mol. The molecule has 8 nitrogen and oxygen atoms in total. The Morgan fingerprint density at radius 3 is 2.30 bits per heavy atom. The van der Waals surface area contributed by atoms with Crippen LogP contribution in [0.3, 0.4) is 0 Å². The fourth-order valence-electron chi connectivity index (χ4n) is 4.25. The number of hydrogen-bond acceptors (Lipinski definition) is 6. The molecule has 10 heteroatoms. The summed E-state index contributed by atoms with van der Waals surface area (Å²) in [6.07, 6.45) is -1.10. The van der Waals surface area contributed by atoms with Crippen LogP contribution in [0.1, 0.15) is 11.6 Å². The van der Waals surface area contributed by atoms with E-state index >= 15 is 0 Å². The first-order valence-corrected chi connectivity index (χ1v) is 10.7. The molecule has 0 N–H and O–H groups in total. The molecule has 3 aromatic carbocycles. The minimum absolute atomic E-state index is 0.130. The number of nitrogens with zero attached hydrogens (tertiary/aromatic N) is 3. The van der Waals surface area contributed by atoms with Gasteiger partial charge in [-0.3, -0.25) is 24.5 Å². The van der Waals surface area contributed by atoms with E-state index in [9.17, 15) is 19.7 Å². The number of carbonyl (C=O) groups is 2. The Bertz CT molecular complexity index is 1290. The van der Waals surface area contributed by atoms with E-state index in [0.29, 0.717) is 16.4 Å². The number of anilines is 2. The van der Waals surface area contributed by atoms with E-state index in [2.05, 4.69) is 0 Å². The van der Waals surface area contributed by atoms with E-state index in [-0.39, 0.29) is 10.7 Å². The smallest absolute Gasteiger partial charge is 0.271 e. The minimum atomic E-state index is -1.10. The number of hydroxylamine groups is 1. The van der Waals surface area contributed by atoms with Crippen molar-refractivity contribution >= 4 is 52.1 Å². The molecule has 2 aliphatic rings. The van der Waals surface area contributed by atoms with Gasteiger partial charge in [-0.25, -0.2) is 9.96 Å². The number of halogens is 2. The number of nitro groups is 1. The highest BCUT2D eigenvalue weighted by Crippen LogP contribution is 2.48. The zero-order chi connectivity index (χ0) is 23.3. The SMILES string of the molecule is O=C1[C@H]2[C@H](ON(c3cccc([N+](=O)[O-])c3)[C@@H]2c2ccccc2)C(=O)N1c1ccc(Cl)c(Cl)c1. The second-order valence-electron chi connectivity index (χ2n) is 7.62. The second-order valence-corrected chi connectivity index (χ2v) is 8.43.